The van der Waals surface area contributed by atoms with Crippen molar-refractivity contribution in [3.63, 3.8) is 0 Å². The summed E-state index contributed by atoms with van der Waals surface area (Å²) in [6.07, 6.45) is 4.32. The fourth-order valence-corrected chi connectivity index (χ4v) is 3.77. The predicted octanol–water partition coefficient (Wildman–Crippen LogP) is 5.25. The van der Waals surface area contributed by atoms with Gasteiger partial charge >= 0.3 is 0 Å². The van der Waals surface area contributed by atoms with Crippen molar-refractivity contribution in [3.8, 4) is 5.75 Å². The molecule has 0 spiro atoms. The molecule has 29 heavy (non-hydrogen) atoms. The highest BCUT2D eigenvalue weighted by Gasteiger charge is 2.19. The van der Waals surface area contributed by atoms with Crippen molar-refractivity contribution < 1.29 is 9.53 Å². The summed E-state index contributed by atoms with van der Waals surface area (Å²) in [5, 5.41) is 6.77. The Balaban J connectivity index is 1.65. The molecule has 2 aromatic rings. The Bertz CT molecular complexity index is 869. The van der Waals surface area contributed by atoms with Crippen LogP contribution >= 0.6 is 23.8 Å². The molecule has 2 aromatic carbocycles. The van der Waals surface area contributed by atoms with Crippen LogP contribution in [0.4, 0.5) is 11.4 Å². The van der Waals surface area contributed by atoms with Gasteiger partial charge in [0, 0.05) is 18.7 Å². The highest BCUT2D eigenvalue weighted by Crippen LogP contribution is 2.35. The lowest BCUT2D eigenvalue weighted by Gasteiger charge is -2.23. The molecule has 5 nitrogen and oxygen atoms in total. The van der Waals surface area contributed by atoms with Crippen LogP contribution < -0.4 is 20.3 Å². The number of rotatable bonds is 7. The normalized spacial score (nSPS) is 13.2. The fraction of sp³-hybridized carbons (Fsp3) is 0.364. The second kappa shape index (κ2) is 10.5. The Morgan fingerprint density at radius 3 is 2.72 bits per heavy atom. The maximum Gasteiger partial charge on any atom is 0.257 e. The Hall–Kier alpha value is -2.31. The third-order valence-electron chi connectivity index (χ3n) is 4.75. The first-order chi connectivity index (χ1) is 14.1. The van der Waals surface area contributed by atoms with E-state index < -0.39 is 0 Å². The number of nitrogens with zero attached hydrogens (tertiary/aromatic N) is 1. The van der Waals surface area contributed by atoms with Crippen molar-refractivity contribution >= 4 is 46.2 Å². The lowest BCUT2D eigenvalue weighted by atomic mass is 10.2. The fourth-order valence-electron chi connectivity index (χ4n) is 3.27. The van der Waals surface area contributed by atoms with Gasteiger partial charge in [0.15, 0.2) is 5.11 Å². The number of hydrogen-bond acceptors (Lipinski definition) is 4. The zero-order chi connectivity index (χ0) is 20.6. The molecular formula is C22H26ClN3O2S. The molecular weight excluding hydrogens is 406 g/mol. The Kier molecular flexibility index (Phi) is 7.72. The quantitative estimate of drug-likeness (QED) is 0.463. The molecule has 0 radical (unpaired) electrons. The number of hydrogen-bond donors (Lipinski definition) is 2. The molecule has 154 valence electrons. The van der Waals surface area contributed by atoms with E-state index in [2.05, 4.69) is 22.5 Å². The summed E-state index contributed by atoms with van der Waals surface area (Å²) >= 11 is 11.8. The minimum atomic E-state index is -0.284. The van der Waals surface area contributed by atoms with Crippen molar-refractivity contribution in [2.45, 2.75) is 32.6 Å². The Morgan fingerprint density at radius 2 is 1.97 bits per heavy atom. The highest BCUT2D eigenvalue weighted by molar-refractivity contribution is 7.80. The number of carbonyl (C=O) groups is 1. The van der Waals surface area contributed by atoms with Gasteiger partial charge in [-0.25, -0.2) is 0 Å². The highest BCUT2D eigenvalue weighted by atomic mass is 35.5. The van der Waals surface area contributed by atoms with Crippen LogP contribution in [0.25, 0.3) is 0 Å². The number of carbonyl (C=O) groups excluding carboxylic acids is 1. The monoisotopic (exact) mass is 431 g/mol. The van der Waals surface area contributed by atoms with Crippen LogP contribution in [0.1, 0.15) is 43.0 Å². The van der Waals surface area contributed by atoms with E-state index in [1.807, 2.05) is 24.3 Å². The van der Waals surface area contributed by atoms with Gasteiger partial charge in [0.2, 0.25) is 0 Å². The van der Waals surface area contributed by atoms with Crippen LogP contribution in [-0.2, 0) is 0 Å². The number of ether oxygens (including phenoxy) is 1. The minimum Gasteiger partial charge on any atom is -0.494 e. The third-order valence-corrected chi connectivity index (χ3v) is 5.26. The predicted molar refractivity (Wildman–Crippen MR) is 123 cm³/mol. The molecule has 1 heterocycles. The Labute approximate surface area is 182 Å². The average Bonchev–Trinajstić information content (AvgIpc) is 3.23. The molecule has 0 unspecified atom stereocenters. The van der Waals surface area contributed by atoms with Crippen LogP contribution in [0, 0.1) is 0 Å². The number of anilines is 2. The molecule has 1 aliphatic heterocycles. The number of nitrogens with one attached hydrogen (secondary N) is 2. The van der Waals surface area contributed by atoms with E-state index >= 15 is 0 Å². The summed E-state index contributed by atoms with van der Waals surface area (Å²) < 4.78 is 5.68. The molecule has 0 aromatic heterocycles. The van der Waals surface area contributed by atoms with Gasteiger partial charge in [0.05, 0.1) is 23.0 Å². The SMILES string of the molecule is CCCCOc1cccc(C(=O)NC(=S)Nc2cccc(Cl)c2N2CCCC2)c1. The molecule has 0 saturated carbocycles. The molecule has 1 aliphatic rings. The first kappa shape index (κ1) is 21.4. The first-order valence-corrected chi connectivity index (χ1v) is 10.8. The Morgan fingerprint density at radius 1 is 1.21 bits per heavy atom. The maximum absolute atomic E-state index is 12.6. The molecule has 7 heteroatoms. The van der Waals surface area contributed by atoms with E-state index in [0.29, 0.717) is 22.9 Å². The van der Waals surface area contributed by atoms with Crippen molar-refractivity contribution in [2.24, 2.45) is 0 Å². The van der Waals surface area contributed by atoms with Gasteiger partial charge < -0.3 is 15.0 Å². The van der Waals surface area contributed by atoms with Crippen molar-refractivity contribution in [2.75, 3.05) is 29.9 Å². The topological polar surface area (TPSA) is 53.6 Å². The van der Waals surface area contributed by atoms with Crippen molar-refractivity contribution in [3.05, 3.63) is 53.1 Å². The van der Waals surface area contributed by atoms with Crippen molar-refractivity contribution in [1.82, 2.24) is 5.32 Å². The van der Waals surface area contributed by atoms with Crippen LogP contribution in [-0.4, -0.2) is 30.7 Å². The summed E-state index contributed by atoms with van der Waals surface area (Å²) in [5.74, 6) is 0.393. The second-order valence-corrected chi connectivity index (χ2v) is 7.78. The molecule has 0 aliphatic carbocycles. The molecule has 1 amide bonds. The molecule has 2 N–H and O–H groups in total. The molecule has 1 fully saturated rings. The number of benzene rings is 2. The van der Waals surface area contributed by atoms with E-state index in [1.165, 1.54) is 0 Å². The lowest BCUT2D eigenvalue weighted by Crippen LogP contribution is -2.34. The van der Waals surface area contributed by atoms with Crippen molar-refractivity contribution in [1.29, 1.82) is 0 Å². The van der Waals surface area contributed by atoms with E-state index in [0.717, 1.165) is 50.1 Å². The zero-order valence-corrected chi connectivity index (χ0v) is 18.1. The van der Waals surface area contributed by atoms with E-state index in [4.69, 9.17) is 28.6 Å². The largest absolute Gasteiger partial charge is 0.494 e. The maximum atomic E-state index is 12.6. The molecule has 1 saturated heterocycles. The number of halogens is 1. The zero-order valence-electron chi connectivity index (χ0n) is 16.5. The standard InChI is InChI=1S/C22H26ClN3O2S/c1-2-3-14-28-17-9-6-8-16(15-17)21(27)25-22(29)24-19-11-7-10-18(23)20(19)26-12-4-5-13-26/h6-11,15H,2-5,12-14H2,1H3,(H2,24,25,27,29). The van der Waals surface area contributed by atoms with Gasteiger partial charge in [0.25, 0.3) is 5.91 Å². The molecule has 3 rings (SSSR count). The van der Waals surface area contributed by atoms with Gasteiger partial charge in [-0.05, 0) is 61.8 Å². The summed E-state index contributed by atoms with van der Waals surface area (Å²) in [4.78, 5) is 14.8. The van der Waals surface area contributed by atoms with Crippen LogP contribution in [0.5, 0.6) is 5.75 Å². The van der Waals surface area contributed by atoms with Gasteiger partial charge in [0.1, 0.15) is 5.75 Å². The number of para-hydroxylation sites is 1. The third kappa shape index (κ3) is 5.84. The summed E-state index contributed by atoms with van der Waals surface area (Å²) in [5.41, 5.74) is 2.21. The van der Waals surface area contributed by atoms with Gasteiger partial charge in [-0.1, -0.05) is 37.1 Å². The van der Waals surface area contributed by atoms with Gasteiger partial charge in [-0.15, -0.1) is 0 Å². The van der Waals surface area contributed by atoms with E-state index in [-0.39, 0.29) is 11.0 Å². The minimum absolute atomic E-state index is 0.231. The van der Waals surface area contributed by atoms with Gasteiger partial charge in [-0.3, -0.25) is 10.1 Å². The van der Waals surface area contributed by atoms with Gasteiger partial charge in [-0.2, -0.15) is 0 Å². The van der Waals surface area contributed by atoms with E-state index in [9.17, 15) is 4.79 Å². The number of unbranched alkanes of at least 4 members (excludes halogenated alkanes) is 1. The molecule has 0 bridgehead atoms. The number of amides is 1. The molecule has 0 atom stereocenters. The van der Waals surface area contributed by atoms with E-state index in [1.54, 1.807) is 18.2 Å². The smallest absolute Gasteiger partial charge is 0.257 e. The second-order valence-electron chi connectivity index (χ2n) is 6.97. The average molecular weight is 432 g/mol. The number of thiocarbonyl (C=S) groups is 1. The summed E-state index contributed by atoms with van der Waals surface area (Å²) in [6, 6.07) is 12.8. The lowest BCUT2D eigenvalue weighted by molar-refractivity contribution is 0.0977. The summed E-state index contributed by atoms with van der Waals surface area (Å²) in [7, 11) is 0. The van der Waals surface area contributed by atoms with Crippen LogP contribution in [0.2, 0.25) is 5.02 Å². The van der Waals surface area contributed by atoms with Crippen LogP contribution in [0.15, 0.2) is 42.5 Å². The van der Waals surface area contributed by atoms with Crippen LogP contribution in [0.3, 0.4) is 0 Å². The summed E-state index contributed by atoms with van der Waals surface area (Å²) in [6.45, 7) is 4.66. The first-order valence-electron chi connectivity index (χ1n) is 9.97.